The number of benzene rings is 3. The molecule has 5 aromatic rings. The summed E-state index contributed by atoms with van der Waals surface area (Å²) in [6.45, 7) is 3.22. The highest BCUT2D eigenvalue weighted by atomic mass is 16.5. The van der Waals surface area contributed by atoms with Crippen molar-refractivity contribution in [1.82, 2.24) is 10.3 Å². The van der Waals surface area contributed by atoms with Crippen molar-refractivity contribution in [2.45, 2.75) is 32.4 Å². The number of methoxy groups -OCH3 is 1. The van der Waals surface area contributed by atoms with Gasteiger partial charge in [0.25, 0.3) is 5.91 Å². The van der Waals surface area contributed by atoms with E-state index in [1.807, 2.05) is 0 Å². The summed E-state index contributed by atoms with van der Waals surface area (Å²) in [6, 6.07) is 12.1. The normalized spacial score (nSPS) is 12.9. The molecule has 2 aromatic heterocycles. The van der Waals surface area contributed by atoms with Gasteiger partial charge in [-0.25, -0.2) is 9.59 Å². The molecule has 5 rings (SSSR count). The van der Waals surface area contributed by atoms with Crippen LogP contribution in [-0.4, -0.2) is 46.3 Å². The van der Waals surface area contributed by atoms with E-state index in [1.54, 1.807) is 49.5 Å². The Morgan fingerprint density at radius 3 is 2.56 bits per heavy atom. The van der Waals surface area contributed by atoms with Gasteiger partial charge in [0, 0.05) is 39.9 Å². The molecule has 2 atom stereocenters. The van der Waals surface area contributed by atoms with E-state index < -0.39 is 29.6 Å². The lowest BCUT2D eigenvalue weighted by Crippen LogP contribution is -2.47. The Kier molecular flexibility index (Phi) is 6.61. The summed E-state index contributed by atoms with van der Waals surface area (Å²) in [4.78, 5) is 40.6. The van der Waals surface area contributed by atoms with Gasteiger partial charge in [0.2, 0.25) is 0 Å². The second-order valence-electron chi connectivity index (χ2n) is 9.27. The first-order chi connectivity index (χ1) is 18.7. The van der Waals surface area contributed by atoms with Crippen LogP contribution in [0.25, 0.3) is 32.6 Å². The molecule has 4 N–H and O–H groups in total. The zero-order valence-electron chi connectivity index (χ0n) is 21.4. The number of aromatic amines is 1. The Labute approximate surface area is 221 Å². The van der Waals surface area contributed by atoms with Crippen LogP contribution in [-0.2, 0) is 16.0 Å². The van der Waals surface area contributed by atoms with Gasteiger partial charge in [0.15, 0.2) is 6.10 Å². The summed E-state index contributed by atoms with van der Waals surface area (Å²) in [5.74, 6) is -0.933. The maximum atomic E-state index is 12.9. The number of aromatic nitrogens is 1. The number of rotatable bonds is 8. The van der Waals surface area contributed by atoms with E-state index in [9.17, 15) is 24.6 Å². The molecule has 0 fully saturated rings. The second kappa shape index (κ2) is 10.1. The zero-order chi connectivity index (χ0) is 27.8. The Hall–Kier alpha value is -4.99. The Morgan fingerprint density at radius 1 is 1.05 bits per heavy atom. The molecule has 0 spiro atoms. The van der Waals surface area contributed by atoms with Crippen LogP contribution in [0.3, 0.4) is 0 Å². The van der Waals surface area contributed by atoms with Crippen molar-refractivity contribution in [2.24, 2.45) is 0 Å². The zero-order valence-corrected chi connectivity index (χ0v) is 21.4. The number of amides is 1. The first-order valence-corrected chi connectivity index (χ1v) is 12.2. The van der Waals surface area contributed by atoms with Gasteiger partial charge in [0.1, 0.15) is 28.9 Å². The topological polar surface area (TPSA) is 151 Å². The molecule has 2 heterocycles. The van der Waals surface area contributed by atoms with E-state index >= 15 is 0 Å². The Balaban J connectivity index is 1.36. The molecular formula is C29H26N2O8. The highest BCUT2D eigenvalue weighted by Crippen LogP contribution is 2.32. The Bertz CT molecular complexity index is 1800. The molecule has 0 bridgehead atoms. The molecule has 0 unspecified atom stereocenters. The van der Waals surface area contributed by atoms with E-state index in [2.05, 4.69) is 10.3 Å². The highest BCUT2D eigenvalue weighted by Gasteiger charge is 2.26. The minimum atomic E-state index is -1.23. The predicted molar refractivity (Wildman–Crippen MR) is 145 cm³/mol. The molecule has 1 amide bonds. The number of carbonyl (C=O) groups excluding carboxylic acids is 1. The summed E-state index contributed by atoms with van der Waals surface area (Å²) < 4.78 is 16.7. The molecule has 200 valence electrons. The molecule has 0 radical (unpaired) electrons. The first kappa shape index (κ1) is 25.7. The average Bonchev–Trinajstić information content (AvgIpc) is 3.31. The number of ether oxygens (including phenoxy) is 2. The van der Waals surface area contributed by atoms with Gasteiger partial charge in [-0.05, 0) is 67.9 Å². The van der Waals surface area contributed by atoms with Crippen LogP contribution in [0.1, 0.15) is 18.1 Å². The molecule has 39 heavy (non-hydrogen) atoms. The number of aromatic hydroxyl groups is 1. The smallest absolute Gasteiger partial charge is 0.344 e. The fourth-order valence-electron chi connectivity index (χ4n) is 4.63. The monoisotopic (exact) mass is 530 g/mol. The van der Waals surface area contributed by atoms with Gasteiger partial charge in [-0.2, -0.15) is 0 Å². The number of carboxylic acid groups (broad SMARTS) is 1. The molecule has 0 saturated carbocycles. The fraction of sp³-hybridized carbons (Fsp3) is 0.207. The van der Waals surface area contributed by atoms with Gasteiger partial charge in [0.05, 0.1) is 12.5 Å². The van der Waals surface area contributed by atoms with Crippen LogP contribution >= 0.6 is 0 Å². The van der Waals surface area contributed by atoms with Crippen LogP contribution in [0.4, 0.5) is 0 Å². The molecular weight excluding hydrogens is 504 g/mol. The maximum absolute atomic E-state index is 12.9. The summed E-state index contributed by atoms with van der Waals surface area (Å²) in [5, 5.41) is 24.5. The van der Waals surface area contributed by atoms with Gasteiger partial charge >= 0.3 is 11.6 Å². The lowest BCUT2D eigenvalue weighted by molar-refractivity contribution is -0.142. The summed E-state index contributed by atoms with van der Waals surface area (Å²) >= 11 is 0. The molecule has 10 nitrogen and oxygen atoms in total. The summed E-state index contributed by atoms with van der Waals surface area (Å²) in [6.07, 6.45) is 0.597. The Morgan fingerprint density at radius 2 is 1.82 bits per heavy atom. The van der Waals surface area contributed by atoms with Gasteiger partial charge in [-0.1, -0.05) is 0 Å². The molecule has 0 aliphatic heterocycles. The van der Waals surface area contributed by atoms with E-state index in [0.29, 0.717) is 49.8 Å². The lowest BCUT2D eigenvalue weighted by atomic mass is 10.0. The maximum Gasteiger partial charge on any atom is 0.344 e. The van der Waals surface area contributed by atoms with Crippen LogP contribution in [0.15, 0.2) is 63.9 Å². The van der Waals surface area contributed by atoms with E-state index in [-0.39, 0.29) is 12.2 Å². The van der Waals surface area contributed by atoms with E-state index in [0.717, 1.165) is 5.52 Å². The lowest BCUT2D eigenvalue weighted by Gasteiger charge is -2.20. The van der Waals surface area contributed by atoms with Crippen molar-refractivity contribution in [3.05, 3.63) is 76.3 Å². The number of fused-ring (bicyclic) bond motifs is 4. The third-order valence-corrected chi connectivity index (χ3v) is 6.75. The number of phenolic OH excluding ortho intramolecular Hbond substituents is 1. The average molecular weight is 531 g/mol. The molecule has 0 saturated heterocycles. The number of carbonyl (C=O) groups is 2. The van der Waals surface area contributed by atoms with Crippen LogP contribution in [0.5, 0.6) is 17.2 Å². The standard InChI is InChI=1S/C29H26N2O8/c1-14-25(9-7-20-19-6-5-18(37-3)12-22(19)29(36)39-26(14)20)38-15(2)27(33)31-24(28(34)35)10-16-13-30-23-8-4-17(32)11-21(16)23/h4-9,11-13,15,24,30,32H,10H2,1-3H3,(H,31,33)(H,34,35)/t15-,24+/m0/s1. The predicted octanol–water partition coefficient (Wildman–Crippen LogP) is 4.03. The third-order valence-electron chi connectivity index (χ3n) is 6.75. The minimum absolute atomic E-state index is 0.00470. The van der Waals surface area contributed by atoms with Gasteiger partial charge in [-0.15, -0.1) is 0 Å². The number of aryl methyl sites for hydroxylation is 1. The van der Waals surface area contributed by atoms with Gasteiger partial charge < -0.3 is 34.4 Å². The fourth-order valence-corrected chi connectivity index (χ4v) is 4.63. The van der Waals surface area contributed by atoms with E-state index in [1.165, 1.54) is 26.2 Å². The minimum Gasteiger partial charge on any atom is -0.508 e. The number of hydrogen-bond donors (Lipinski definition) is 4. The van der Waals surface area contributed by atoms with Crippen molar-refractivity contribution in [2.75, 3.05) is 7.11 Å². The second-order valence-corrected chi connectivity index (χ2v) is 9.27. The number of H-pyrrole nitrogens is 1. The number of aliphatic carboxylic acids is 1. The van der Waals surface area contributed by atoms with Crippen molar-refractivity contribution >= 4 is 44.5 Å². The summed E-state index contributed by atoms with van der Waals surface area (Å²) in [7, 11) is 1.52. The van der Waals surface area contributed by atoms with Crippen LogP contribution in [0, 0.1) is 6.92 Å². The quantitative estimate of drug-likeness (QED) is 0.173. The number of phenols is 1. The number of hydrogen-bond acceptors (Lipinski definition) is 7. The van der Waals surface area contributed by atoms with E-state index in [4.69, 9.17) is 13.9 Å². The first-order valence-electron chi connectivity index (χ1n) is 12.2. The third kappa shape index (κ3) is 4.84. The molecule has 0 aliphatic rings. The van der Waals surface area contributed by atoms with Crippen molar-refractivity contribution in [3.8, 4) is 17.2 Å². The van der Waals surface area contributed by atoms with Crippen molar-refractivity contribution < 1.29 is 33.7 Å². The van der Waals surface area contributed by atoms with Crippen LogP contribution in [0.2, 0.25) is 0 Å². The molecule has 0 aliphatic carbocycles. The molecule has 10 heteroatoms. The summed E-state index contributed by atoms with van der Waals surface area (Å²) in [5.41, 5.74) is 1.69. The van der Waals surface area contributed by atoms with Gasteiger partial charge in [-0.3, -0.25) is 4.79 Å². The van der Waals surface area contributed by atoms with Crippen molar-refractivity contribution in [3.63, 3.8) is 0 Å². The highest BCUT2D eigenvalue weighted by molar-refractivity contribution is 6.06. The SMILES string of the molecule is COc1ccc2c(c1)c(=O)oc1c(C)c(O[C@@H](C)C(=O)N[C@H](Cc3c[nH]c4ccc(O)cc34)C(=O)O)ccc12. The van der Waals surface area contributed by atoms with Crippen molar-refractivity contribution in [1.29, 1.82) is 0 Å². The molecule has 3 aromatic carbocycles. The largest absolute Gasteiger partial charge is 0.508 e. The number of carboxylic acids is 1. The van der Waals surface area contributed by atoms with Crippen LogP contribution < -0.4 is 20.4 Å². The number of nitrogens with one attached hydrogen (secondary N) is 2.